The first-order chi connectivity index (χ1) is 6.68. The maximum Gasteiger partial charge on any atom is 0.116 e. The molecule has 2 aromatic rings. The molecule has 0 unspecified atom stereocenters. The van der Waals surface area contributed by atoms with Gasteiger partial charge in [-0.1, -0.05) is 13.8 Å². The normalized spacial score (nSPS) is 11.1. The maximum absolute atomic E-state index is 4.32. The third kappa shape index (κ3) is 1.60. The SMILES string of the molecule is CC(C)c1ncnc2ccc(S)cc12. The van der Waals surface area contributed by atoms with Gasteiger partial charge in [0.1, 0.15) is 6.33 Å². The van der Waals surface area contributed by atoms with E-state index in [1.165, 1.54) is 0 Å². The Bertz CT molecular complexity index is 466. The molecule has 0 saturated carbocycles. The first-order valence-corrected chi connectivity index (χ1v) is 5.07. The van der Waals surface area contributed by atoms with Gasteiger partial charge < -0.3 is 0 Å². The van der Waals surface area contributed by atoms with Crippen molar-refractivity contribution in [3.8, 4) is 0 Å². The minimum absolute atomic E-state index is 0.413. The second kappa shape index (κ2) is 3.58. The number of rotatable bonds is 1. The zero-order chi connectivity index (χ0) is 10.1. The van der Waals surface area contributed by atoms with Crippen LogP contribution >= 0.6 is 12.6 Å². The van der Waals surface area contributed by atoms with Gasteiger partial charge in [-0.3, -0.25) is 0 Å². The Kier molecular flexibility index (Phi) is 2.42. The smallest absolute Gasteiger partial charge is 0.116 e. The lowest BCUT2D eigenvalue weighted by Crippen LogP contribution is -1.95. The molecule has 1 aromatic heterocycles. The number of nitrogens with zero attached hydrogens (tertiary/aromatic N) is 2. The lowest BCUT2D eigenvalue weighted by Gasteiger charge is -2.07. The Balaban J connectivity index is 2.77. The van der Waals surface area contributed by atoms with Crippen molar-refractivity contribution in [3.05, 3.63) is 30.2 Å². The van der Waals surface area contributed by atoms with E-state index in [4.69, 9.17) is 0 Å². The van der Waals surface area contributed by atoms with Crippen LogP contribution in [0.3, 0.4) is 0 Å². The number of fused-ring (bicyclic) bond motifs is 1. The Morgan fingerprint density at radius 3 is 2.71 bits per heavy atom. The van der Waals surface area contributed by atoms with Crippen LogP contribution in [0.5, 0.6) is 0 Å². The molecule has 0 N–H and O–H groups in total. The second-order valence-corrected chi connectivity index (χ2v) is 4.13. The maximum atomic E-state index is 4.32. The Labute approximate surface area is 88.8 Å². The van der Waals surface area contributed by atoms with Crippen LogP contribution in [0.2, 0.25) is 0 Å². The van der Waals surface area contributed by atoms with E-state index in [1.54, 1.807) is 6.33 Å². The summed E-state index contributed by atoms with van der Waals surface area (Å²) in [7, 11) is 0. The van der Waals surface area contributed by atoms with Crippen LogP contribution in [-0.2, 0) is 0 Å². The summed E-state index contributed by atoms with van der Waals surface area (Å²) in [6.45, 7) is 4.26. The molecular weight excluding hydrogens is 192 g/mol. The monoisotopic (exact) mass is 204 g/mol. The molecule has 14 heavy (non-hydrogen) atoms. The van der Waals surface area contributed by atoms with Crippen LogP contribution in [0.25, 0.3) is 10.9 Å². The minimum Gasteiger partial charge on any atom is -0.240 e. The topological polar surface area (TPSA) is 25.8 Å². The van der Waals surface area contributed by atoms with E-state index >= 15 is 0 Å². The number of benzene rings is 1. The fourth-order valence-corrected chi connectivity index (χ4v) is 1.73. The van der Waals surface area contributed by atoms with Gasteiger partial charge in [-0.2, -0.15) is 0 Å². The van der Waals surface area contributed by atoms with Gasteiger partial charge in [0.2, 0.25) is 0 Å². The predicted molar refractivity (Wildman–Crippen MR) is 60.9 cm³/mol. The standard InChI is InChI=1S/C11H12N2S/c1-7(2)11-9-5-8(14)3-4-10(9)12-6-13-11/h3-7,14H,1-2H3. The van der Waals surface area contributed by atoms with Crippen molar-refractivity contribution in [2.24, 2.45) is 0 Å². The summed E-state index contributed by atoms with van der Waals surface area (Å²) in [5, 5.41) is 1.11. The fraction of sp³-hybridized carbons (Fsp3) is 0.273. The first kappa shape index (κ1) is 9.46. The molecule has 1 aromatic carbocycles. The molecule has 0 saturated heterocycles. The Morgan fingerprint density at radius 1 is 1.21 bits per heavy atom. The van der Waals surface area contributed by atoms with Gasteiger partial charge in [-0.15, -0.1) is 12.6 Å². The van der Waals surface area contributed by atoms with Crippen molar-refractivity contribution in [2.45, 2.75) is 24.7 Å². The summed E-state index contributed by atoms with van der Waals surface area (Å²) < 4.78 is 0. The molecule has 0 bridgehead atoms. The Hall–Kier alpha value is -1.09. The van der Waals surface area contributed by atoms with Crippen LogP contribution in [0.1, 0.15) is 25.5 Å². The van der Waals surface area contributed by atoms with Crippen LogP contribution in [0.4, 0.5) is 0 Å². The first-order valence-electron chi connectivity index (χ1n) is 4.62. The number of hydrogen-bond donors (Lipinski definition) is 1. The summed E-state index contributed by atoms with van der Waals surface area (Å²) in [4.78, 5) is 9.48. The average molecular weight is 204 g/mol. The van der Waals surface area contributed by atoms with Crippen molar-refractivity contribution in [1.82, 2.24) is 9.97 Å². The van der Waals surface area contributed by atoms with E-state index in [2.05, 4.69) is 36.4 Å². The number of thiol groups is 1. The van der Waals surface area contributed by atoms with E-state index in [1.807, 2.05) is 18.2 Å². The molecule has 72 valence electrons. The summed E-state index contributed by atoms with van der Waals surface area (Å²) in [5.74, 6) is 0.413. The molecule has 0 spiro atoms. The average Bonchev–Trinajstić information content (AvgIpc) is 2.16. The molecule has 0 amide bonds. The summed E-state index contributed by atoms with van der Waals surface area (Å²) >= 11 is 4.32. The van der Waals surface area contributed by atoms with Crippen LogP contribution in [-0.4, -0.2) is 9.97 Å². The zero-order valence-electron chi connectivity index (χ0n) is 8.23. The quantitative estimate of drug-likeness (QED) is 0.722. The van der Waals surface area contributed by atoms with Crippen molar-refractivity contribution in [2.75, 3.05) is 0 Å². The molecular formula is C11H12N2S. The highest BCUT2D eigenvalue weighted by Crippen LogP contribution is 2.23. The van der Waals surface area contributed by atoms with Gasteiger partial charge in [-0.05, 0) is 24.1 Å². The van der Waals surface area contributed by atoms with Gasteiger partial charge in [0, 0.05) is 10.3 Å². The van der Waals surface area contributed by atoms with E-state index in [0.717, 1.165) is 21.5 Å². The minimum atomic E-state index is 0.413. The molecule has 0 radical (unpaired) electrons. The lowest BCUT2D eigenvalue weighted by atomic mass is 10.1. The van der Waals surface area contributed by atoms with Gasteiger partial charge in [0.25, 0.3) is 0 Å². The molecule has 0 aliphatic carbocycles. The highest BCUT2D eigenvalue weighted by molar-refractivity contribution is 7.80. The lowest BCUT2D eigenvalue weighted by molar-refractivity contribution is 0.828. The third-order valence-corrected chi connectivity index (χ3v) is 2.47. The highest BCUT2D eigenvalue weighted by Gasteiger charge is 2.06. The molecule has 0 fully saturated rings. The molecule has 0 aliphatic heterocycles. The largest absolute Gasteiger partial charge is 0.240 e. The van der Waals surface area contributed by atoms with Crippen molar-refractivity contribution in [1.29, 1.82) is 0 Å². The van der Waals surface area contributed by atoms with E-state index in [0.29, 0.717) is 5.92 Å². The molecule has 2 rings (SSSR count). The van der Waals surface area contributed by atoms with E-state index in [9.17, 15) is 0 Å². The number of aromatic nitrogens is 2. The second-order valence-electron chi connectivity index (χ2n) is 3.62. The van der Waals surface area contributed by atoms with Crippen molar-refractivity contribution >= 4 is 23.5 Å². The van der Waals surface area contributed by atoms with E-state index < -0.39 is 0 Å². The number of hydrogen-bond acceptors (Lipinski definition) is 3. The molecule has 1 heterocycles. The summed E-state index contributed by atoms with van der Waals surface area (Å²) in [6.07, 6.45) is 1.62. The predicted octanol–water partition coefficient (Wildman–Crippen LogP) is 3.04. The van der Waals surface area contributed by atoms with Gasteiger partial charge >= 0.3 is 0 Å². The molecule has 0 atom stereocenters. The summed E-state index contributed by atoms with van der Waals surface area (Å²) in [6, 6.07) is 5.95. The molecule has 0 aliphatic rings. The fourth-order valence-electron chi connectivity index (χ4n) is 1.52. The third-order valence-electron chi connectivity index (χ3n) is 2.20. The molecule has 3 heteroatoms. The van der Waals surface area contributed by atoms with Crippen LogP contribution in [0.15, 0.2) is 29.4 Å². The van der Waals surface area contributed by atoms with E-state index in [-0.39, 0.29) is 0 Å². The van der Waals surface area contributed by atoms with Crippen molar-refractivity contribution in [3.63, 3.8) is 0 Å². The Morgan fingerprint density at radius 2 is 2.00 bits per heavy atom. The van der Waals surface area contributed by atoms with Gasteiger partial charge in [0.15, 0.2) is 0 Å². The highest BCUT2D eigenvalue weighted by atomic mass is 32.1. The van der Waals surface area contributed by atoms with Crippen LogP contribution < -0.4 is 0 Å². The molecule has 2 nitrogen and oxygen atoms in total. The van der Waals surface area contributed by atoms with Crippen LogP contribution in [0, 0.1) is 0 Å². The van der Waals surface area contributed by atoms with Gasteiger partial charge in [0.05, 0.1) is 11.2 Å². The zero-order valence-corrected chi connectivity index (χ0v) is 9.12. The summed E-state index contributed by atoms with van der Waals surface area (Å²) in [5.41, 5.74) is 2.08. The van der Waals surface area contributed by atoms with Gasteiger partial charge in [-0.25, -0.2) is 9.97 Å². The van der Waals surface area contributed by atoms with Crippen molar-refractivity contribution < 1.29 is 0 Å².